The molecule has 0 saturated heterocycles. The van der Waals surface area contributed by atoms with E-state index in [9.17, 15) is 23.9 Å². The number of halogens is 1. The predicted octanol–water partition coefficient (Wildman–Crippen LogP) is 2.12. The van der Waals surface area contributed by atoms with Gasteiger partial charge in [0.1, 0.15) is 5.82 Å². The first-order valence-corrected chi connectivity index (χ1v) is 7.05. The largest absolute Gasteiger partial charge is 0.481 e. The number of benzene rings is 2. The number of aliphatic carboxylic acids is 1. The van der Waals surface area contributed by atoms with Crippen LogP contribution in [0.2, 0.25) is 0 Å². The normalized spacial score (nSPS) is 11.5. The Morgan fingerprint density at radius 3 is 2.29 bits per heavy atom. The van der Waals surface area contributed by atoms with Crippen LogP contribution in [0, 0.1) is 5.82 Å². The van der Waals surface area contributed by atoms with Crippen LogP contribution in [0.1, 0.15) is 28.3 Å². The second-order valence-electron chi connectivity index (χ2n) is 5.10. The van der Waals surface area contributed by atoms with Gasteiger partial charge in [-0.3, -0.25) is 14.4 Å². The number of nitrogens with one attached hydrogen (secondary N) is 1. The number of amides is 2. The molecule has 0 aromatic heterocycles. The Labute approximate surface area is 137 Å². The number of rotatable bonds is 6. The molecule has 2 aromatic rings. The highest BCUT2D eigenvalue weighted by atomic mass is 19.1. The number of anilines is 1. The van der Waals surface area contributed by atoms with Crippen LogP contribution in [-0.4, -0.2) is 22.9 Å². The molecule has 24 heavy (non-hydrogen) atoms. The Bertz CT molecular complexity index is 774. The summed E-state index contributed by atoms with van der Waals surface area (Å²) in [6.45, 7) is 0. The first-order chi connectivity index (χ1) is 11.4. The molecule has 2 rings (SSSR count). The third kappa shape index (κ3) is 4.16. The van der Waals surface area contributed by atoms with Gasteiger partial charge in [0, 0.05) is 6.42 Å². The zero-order chi connectivity index (χ0) is 17.7. The SMILES string of the molecule is NC(=O)c1ccccc1NC(=O)C[C@@H](C(=O)O)c1ccc(F)cc1. The maximum Gasteiger partial charge on any atom is 0.311 e. The minimum atomic E-state index is -1.21. The van der Waals surface area contributed by atoms with Crippen LogP contribution in [0.15, 0.2) is 48.5 Å². The van der Waals surface area contributed by atoms with Crippen LogP contribution < -0.4 is 11.1 Å². The molecule has 0 aliphatic heterocycles. The van der Waals surface area contributed by atoms with Gasteiger partial charge in [-0.1, -0.05) is 24.3 Å². The van der Waals surface area contributed by atoms with E-state index in [4.69, 9.17) is 5.73 Å². The number of carbonyl (C=O) groups excluding carboxylic acids is 2. The minimum absolute atomic E-state index is 0.125. The molecule has 0 fully saturated rings. The quantitative estimate of drug-likeness (QED) is 0.753. The molecule has 0 unspecified atom stereocenters. The average Bonchev–Trinajstić information content (AvgIpc) is 2.53. The lowest BCUT2D eigenvalue weighted by atomic mass is 9.95. The number of para-hydroxylation sites is 1. The van der Waals surface area contributed by atoms with Crippen LogP contribution in [0.25, 0.3) is 0 Å². The van der Waals surface area contributed by atoms with Gasteiger partial charge < -0.3 is 16.2 Å². The Hall–Kier alpha value is -3.22. The fraction of sp³-hybridized carbons (Fsp3) is 0.118. The van der Waals surface area contributed by atoms with Gasteiger partial charge in [0.05, 0.1) is 17.2 Å². The van der Waals surface area contributed by atoms with Crippen molar-refractivity contribution in [3.8, 4) is 0 Å². The molecule has 4 N–H and O–H groups in total. The van der Waals surface area contributed by atoms with Gasteiger partial charge in [-0.05, 0) is 29.8 Å². The van der Waals surface area contributed by atoms with E-state index in [0.717, 1.165) is 12.1 Å². The molecule has 0 aliphatic carbocycles. The van der Waals surface area contributed by atoms with E-state index in [0.29, 0.717) is 5.56 Å². The maximum atomic E-state index is 13.0. The molecule has 0 spiro atoms. The summed E-state index contributed by atoms with van der Waals surface area (Å²) in [5, 5.41) is 11.8. The molecule has 124 valence electrons. The van der Waals surface area contributed by atoms with Crippen LogP contribution >= 0.6 is 0 Å². The van der Waals surface area contributed by atoms with Gasteiger partial charge in [0.15, 0.2) is 0 Å². The summed E-state index contributed by atoms with van der Waals surface area (Å²) in [6.07, 6.45) is -0.367. The highest BCUT2D eigenvalue weighted by Crippen LogP contribution is 2.22. The number of hydrogen-bond acceptors (Lipinski definition) is 3. The van der Waals surface area contributed by atoms with E-state index in [1.165, 1.54) is 24.3 Å². The van der Waals surface area contributed by atoms with Gasteiger partial charge >= 0.3 is 5.97 Å². The van der Waals surface area contributed by atoms with Crippen molar-refractivity contribution >= 4 is 23.5 Å². The van der Waals surface area contributed by atoms with Crippen molar-refractivity contribution in [1.29, 1.82) is 0 Å². The monoisotopic (exact) mass is 330 g/mol. The van der Waals surface area contributed by atoms with Crippen LogP contribution in [0.4, 0.5) is 10.1 Å². The molecule has 2 aromatic carbocycles. The summed E-state index contributed by atoms with van der Waals surface area (Å²) in [5.41, 5.74) is 5.86. The first-order valence-electron chi connectivity index (χ1n) is 7.05. The molecule has 7 heteroatoms. The van der Waals surface area contributed by atoms with Crippen molar-refractivity contribution < 1.29 is 23.9 Å². The lowest BCUT2D eigenvalue weighted by Gasteiger charge is -2.14. The third-order valence-electron chi connectivity index (χ3n) is 3.43. The summed E-state index contributed by atoms with van der Waals surface area (Å²) < 4.78 is 13.0. The van der Waals surface area contributed by atoms with Crippen LogP contribution in [-0.2, 0) is 9.59 Å². The molecule has 1 atom stereocenters. The Kier molecular flexibility index (Phi) is 5.26. The summed E-state index contributed by atoms with van der Waals surface area (Å²) in [7, 11) is 0. The maximum absolute atomic E-state index is 13.0. The van der Waals surface area contributed by atoms with Crippen molar-refractivity contribution in [3.05, 3.63) is 65.5 Å². The van der Waals surface area contributed by atoms with Crippen molar-refractivity contribution in [1.82, 2.24) is 0 Å². The van der Waals surface area contributed by atoms with E-state index in [1.54, 1.807) is 12.1 Å². The van der Waals surface area contributed by atoms with E-state index in [-0.39, 0.29) is 17.7 Å². The van der Waals surface area contributed by atoms with Crippen molar-refractivity contribution in [2.75, 3.05) is 5.32 Å². The molecule has 2 amide bonds. The summed E-state index contributed by atoms with van der Waals surface area (Å²) in [6, 6.07) is 11.0. The topological polar surface area (TPSA) is 109 Å². The molecule has 0 radical (unpaired) electrons. The Balaban J connectivity index is 2.16. The second-order valence-corrected chi connectivity index (χ2v) is 5.10. The molecule has 0 aliphatic rings. The van der Waals surface area contributed by atoms with Gasteiger partial charge in [0.2, 0.25) is 5.91 Å². The zero-order valence-electron chi connectivity index (χ0n) is 12.5. The molecular weight excluding hydrogens is 315 g/mol. The van der Waals surface area contributed by atoms with E-state index >= 15 is 0 Å². The van der Waals surface area contributed by atoms with Gasteiger partial charge in [-0.2, -0.15) is 0 Å². The smallest absolute Gasteiger partial charge is 0.311 e. The lowest BCUT2D eigenvalue weighted by Crippen LogP contribution is -2.22. The van der Waals surface area contributed by atoms with Crippen LogP contribution in [0.5, 0.6) is 0 Å². The lowest BCUT2D eigenvalue weighted by molar-refractivity contribution is -0.140. The Morgan fingerprint density at radius 2 is 1.71 bits per heavy atom. The summed E-state index contributed by atoms with van der Waals surface area (Å²) in [4.78, 5) is 34.9. The van der Waals surface area contributed by atoms with Crippen LogP contribution in [0.3, 0.4) is 0 Å². The minimum Gasteiger partial charge on any atom is -0.481 e. The van der Waals surface area contributed by atoms with Gasteiger partial charge in [0.25, 0.3) is 5.91 Å². The predicted molar refractivity (Wildman–Crippen MR) is 85.0 cm³/mol. The van der Waals surface area contributed by atoms with Crippen molar-refractivity contribution in [2.24, 2.45) is 5.73 Å². The van der Waals surface area contributed by atoms with Gasteiger partial charge in [-0.25, -0.2) is 4.39 Å². The average molecular weight is 330 g/mol. The molecular formula is C17H15FN2O4. The molecule has 0 heterocycles. The number of carboxylic acid groups (broad SMARTS) is 1. The van der Waals surface area contributed by atoms with E-state index < -0.39 is 29.5 Å². The third-order valence-corrected chi connectivity index (χ3v) is 3.43. The summed E-state index contributed by atoms with van der Waals surface area (Å²) in [5.74, 6) is -4.14. The Morgan fingerprint density at radius 1 is 1.08 bits per heavy atom. The number of carboxylic acids is 1. The number of nitrogens with two attached hydrogens (primary N) is 1. The standard InChI is InChI=1S/C17H15FN2O4/c18-11-7-5-10(6-8-11)13(17(23)24)9-15(21)20-14-4-2-1-3-12(14)16(19)22/h1-8,13H,9H2,(H2,19,22)(H,20,21)(H,23,24)/t13-/m1/s1. The molecule has 0 saturated carbocycles. The van der Waals surface area contributed by atoms with Crippen molar-refractivity contribution in [3.63, 3.8) is 0 Å². The first kappa shape index (κ1) is 17.1. The number of hydrogen-bond donors (Lipinski definition) is 3. The number of primary amides is 1. The zero-order valence-corrected chi connectivity index (χ0v) is 12.5. The van der Waals surface area contributed by atoms with E-state index in [1.807, 2.05) is 0 Å². The fourth-order valence-electron chi connectivity index (χ4n) is 2.24. The molecule has 0 bridgehead atoms. The fourth-order valence-corrected chi connectivity index (χ4v) is 2.24. The van der Waals surface area contributed by atoms with Gasteiger partial charge in [-0.15, -0.1) is 0 Å². The highest BCUT2D eigenvalue weighted by Gasteiger charge is 2.24. The number of carbonyl (C=O) groups is 3. The van der Waals surface area contributed by atoms with E-state index in [2.05, 4.69) is 5.32 Å². The van der Waals surface area contributed by atoms with Crippen molar-refractivity contribution in [2.45, 2.75) is 12.3 Å². The molecule has 6 nitrogen and oxygen atoms in total. The second kappa shape index (κ2) is 7.36. The summed E-state index contributed by atoms with van der Waals surface area (Å²) >= 11 is 0. The highest BCUT2D eigenvalue weighted by molar-refractivity contribution is 6.03.